The Morgan fingerprint density at radius 2 is 1.68 bits per heavy atom. The Morgan fingerprint density at radius 1 is 0.955 bits per heavy atom. The predicted molar refractivity (Wildman–Crippen MR) is 164 cm³/mol. The summed E-state index contributed by atoms with van der Waals surface area (Å²) in [6.45, 7) is 4.25. The standard InChI is InChI=1S/C34H36F3N5O2/c1-22(2)25-9-6-10-26(18-25)33(15-16-33)40-20-30(43)29(42-32(44)34(35,36)37)17-23-11-13-27(14-12-23)41-31-19-28(38-21-39-31)24-7-4-3-5-8-24/h3-14,18-19,21-22,29-30,40,43H,15-17,20H2,1-2H3,(H,42,44)(H,38,39,41)/t29-,30+/m0/s1. The quantitative estimate of drug-likeness (QED) is 0.153. The van der Waals surface area contributed by atoms with Crippen LogP contribution in [-0.4, -0.2) is 45.8 Å². The Hall–Kier alpha value is -4.28. The minimum absolute atomic E-state index is 0.00639. The van der Waals surface area contributed by atoms with Gasteiger partial charge in [-0.05, 0) is 54.0 Å². The first-order chi connectivity index (χ1) is 21.0. The SMILES string of the molecule is CC(C)c1cccc(C2(NC[C@@H](O)[C@H](Cc3ccc(Nc4cc(-c5ccccc5)ncn4)cc3)NC(=O)C(F)(F)F)CC2)c1. The first-order valence-corrected chi connectivity index (χ1v) is 14.7. The van der Waals surface area contributed by atoms with E-state index in [4.69, 9.17) is 0 Å². The third-order valence-electron chi connectivity index (χ3n) is 7.96. The van der Waals surface area contributed by atoms with E-state index in [1.54, 1.807) is 24.3 Å². The molecule has 5 rings (SSSR count). The molecule has 1 saturated carbocycles. The summed E-state index contributed by atoms with van der Waals surface area (Å²) in [5.74, 6) is -1.15. The number of halogens is 3. The van der Waals surface area contributed by atoms with Gasteiger partial charge in [-0.2, -0.15) is 13.2 Å². The highest BCUT2D eigenvalue weighted by Crippen LogP contribution is 2.46. The van der Waals surface area contributed by atoms with Crippen LogP contribution in [0.25, 0.3) is 11.3 Å². The van der Waals surface area contributed by atoms with Gasteiger partial charge < -0.3 is 21.1 Å². The summed E-state index contributed by atoms with van der Waals surface area (Å²) in [6, 6.07) is 25.6. The van der Waals surface area contributed by atoms with Crippen LogP contribution in [0, 0.1) is 0 Å². The summed E-state index contributed by atoms with van der Waals surface area (Å²) in [4.78, 5) is 20.5. The molecule has 10 heteroatoms. The van der Waals surface area contributed by atoms with Crippen molar-refractivity contribution in [1.82, 2.24) is 20.6 Å². The van der Waals surface area contributed by atoms with Gasteiger partial charge in [0.25, 0.3) is 0 Å². The second-order valence-electron chi connectivity index (χ2n) is 11.6. The van der Waals surface area contributed by atoms with Crippen LogP contribution in [0.5, 0.6) is 0 Å². The van der Waals surface area contributed by atoms with E-state index in [1.807, 2.05) is 53.8 Å². The molecule has 1 aromatic heterocycles. The van der Waals surface area contributed by atoms with Crippen molar-refractivity contribution in [3.8, 4) is 11.3 Å². The predicted octanol–water partition coefficient (Wildman–Crippen LogP) is 6.24. The summed E-state index contributed by atoms with van der Waals surface area (Å²) >= 11 is 0. The maximum absolute atomic E-state index is 13.2. The van der Waals surface area contributed by atoms with Crippen molar-refractivity contribution in [3.63, 3.8) is 0 Å². The van der Waals surface area contributed by atoms with Gasteiger partial charge in [-0.15, -0.1) is 0 Å². The lowest BCUT2D eigenvalue weighted by Gasteiger charge is -2.28. The maximum Gasteiger partial charge on any atom is 0.471 e. The van der Waals surface area contributed by atoms with Crippen molar-refractivity contribution in [1.29, 1.82) is 0 Å². The third-order valence-corrected chi connectivity index (χ3v) is 7.96. The molecule has 0 bridgehead atoms. The number of nitrogens with zero attached hydrogens (tertiary/aromatic N) is 2. The summed E-state index contributed by atoms with van der Waals surface area (Å²) in [5.41, 5.74) is 5.02. The van der Waals surface area contributed by atoms with E-state index in [1.165, 1.54) is 11.9 Å². The van der Waals surface area contributed by atoms with Gasteiger partial charge in [0, 0.05) is 29.4 Å². The van der Waals surface area contributed by atoms with E-state index in [2.05, 4.69) is 46.6 Å². The lowest BCUT2D eigenvalue weighted by Crippen LogP contribution is -2.53. The second-order valence-corrected chi connectivity index (χ2v) is 11.6. The van der Waals surface area contributed by atoms with Gasteiger partial charge in [0.1, 0.15) is 12.1 Å². The monoisotopic (exact) mass is 603 g/mol. The zero-order valence-electron chi connectivity index (χ0n) is 24.6. The van der Waals surface area contributed by atoms with Crippen molar-refractivity contribution < 1.29 is 23.1 Å². The molecule has 3 aromatic carbocycles. The van der Waals surface area contributed by atoms with Crippen LogP contribution in [0.4, 0.5) is 24.7 Å². The first kappa shape index (κ1) is 31.2. The van der Waals surface area contributed by atoms with E-state index >= 15 is 0 Å². The summed E-state index contributed by atoms with van der Waals surface area (Å²) in [6.07, 6.45) is -3.14. The van der Waals surface area contributed by atoms with Gasteiger partial charge in [0.05, 0.1) is 17.8 Å². The van der Waals surface area contributed by atoms with Crippen LogP contribution in [0.2, 0.25) is 0 Å². The van der Waals surface area contributed by atoms with Crippen molar-refractivity contribution in [3.05, 3.63) is 108 Å². The molecule has 2 atom stereocenters. The van der Waals surface area contributed by atoms with Gasteiger partial charge in [-0.25, -0.2) is 9.97 Å². The summed E-state index contributed by atoms with van der Waals surface area (Å²) in [5, 5.41) is 19.7. The molecule has 1 heterocycles. The molecular formula is C34H36F3N5O2. The molecule has 4 aromatic rings. The van der Waals surface area contributed by atoms with E-state index < -0.39 is 24.2 Å². The van der Waals surface area contributed by atoms with E-state index in [0.717, 1.165) is 29.7 Å². The number of carbonyl (C=O) groups excluding carboxylic acids is 1. The largest absolute Gasteiger partial charge is 0.471 e. The third kappa shape index (κ3) is 7.81. The Kier molecular flexibility index (Phi) is 9.31. The number of benzene rings is 3. The number of alkyl halides is 3. The lowest BCUT2D eigenvalue weighted by molar-refractivity contribution is -0.175. The van der Waals surface area contributed by atoms with Crippen molar-refractivity contribution in [2.45, 2.75) is 62.9 Å². The number of amides is 1. The van der Waals surface area contributed by atoms with Crippen LogP contribution < -0.4 is 16.0 Å². The first-order valence-electron chi connectivity index (χ1n) is 14.7. The molecule has 1 fully saturated rings. The van der Waals surface area contributed by atoms with Crippen LogP contribution in [0.15, 0.2) is 91.3 Å². The fourth-order valence-electron chi connectivity index (χ4n) is 5.18. The molecule has 44 heavy (non-hydrogen) atoms. The molecule has 0 saturated heterocycles. The van der Waals surface area contributed by atoms with Crippen molar-refractivity contribution in [2.24, 2.45) is 0 Å². The molecule has 1 aliphatic rings. The fraction of sp³-hybridized carbons (Fsp3) is 0.324. The summed E-state index contributed by atoms with van der Waals surface area (Å²) in [7, 11) is 0. The van der Waals surface area contributed by atoms with Gasteiger partial charge >= 0.3 is 12.1 Å². The Labute approximate surface area is 255 Å². The number of aliphatic hydroxyl groups is 1. The molecule has 1 amide bonds. The fourth-order valence-corrected chi connectivity index (χ4v) is 5.18. The molecule has 230 valence electrons. The number of aliphatic hydroxyl groups excluding tert-OH is 1. The smallest absolute Gasteiger partial charge is 0.390 e. The molecule has 7 nitrogen and oxygen atoms in total. The summed E-state index contributed by atoms with van der Waals surface area (Å²) < 4.78 is 39.6. The highest BCUT2D eigenvalue weighted by Gasteiger charge is 2.45. The second kappa shape index (κ2) is 13.2. The minimum Gasteiger partial charge on any atom is -0.390 e. The number of anilines is 2. The van der Waals surface area contributed by atoms with Gasteiger partial charge in [0.2, 0.25) is 0 Å². The molecule has 0 aliphatic heterocycles. The van der Waals surface area contributed by atoms with E-state index in [-0.39, 0.29) is 18.5 Å². The molecule has 1 aliphatic carbocycles. The number of aromatic nitrogens is 2. The lowest BCUT2D eigenvalue weighted by atomic mass is 9.96. The van der Waals surface area contributed by atoms with Gasteiger partial charge in [0.15, 0.2) is 0 Å². The number of hydrogen-bond donors (Lipinski definition) is 4. The zero-order chi connectivity index (χ0) is 31.3. The number of hydrogen-bond acceptors (Lipinski definition) is 6. The van der Waals surface area contributed by atoms with Crippen molar-refractivity contribution >= 4 is 17.4 Å². The number of carbonyl (C=O) groups is 1. The van der Waals surface area contributed by atoms with Crippen LogP contribution in [0.3, 0.4) is 0 Å². The highest BCUT2D eigenvalue weighted by atomic mass is 19.4. The highest BCUT2D eigenvalue weighted by molar-refractivity contribution is 5.82. The van der Waals surface area contributed by atoms with E-state index in [0.29, 0.717) is 23.0 Å². The number of nitrogens with one attached hydrogen (secondary N) is 3. The topological polar surface area (TPSA) is 99.2 Å². The number of rotatable bonds is 12. The van der Waals surface area contributed by atoms with Gasteiger partial charge in [-0.1, -0.05) is 80.6 Å². The van der Waals surface area contributed by atoms with Crippen LogP contribution in [-0.2, 0) is 16.8 Å². The van der Waals surface area contributed by atoms with E-state index in [9.17, 15) is 23.1 Å². The normalized spacial score (nSPS) is 15.4. The average molecular weight is 604 g/mol. The Bertz CT molecular complexity index is 1560. The Balaban J connectivity index is 1.26. The Morgan fingerprint density at radius 3 is 2.34 bits per heavy atom. The molecule has 0 unspecified atom stereocenters. The van der Waals surface area contributed by atoms with Crippen molar-refractivity contribution in [2.75, 3.05) is 11.9 Å². The van der Waals surface area contributed by atoms with Crippen LogP contribution in [0.1, 0.15) is 49.3 Å². The average Bonchev–Trinajstić information content (AvgIpc) is 3.82. The van der Waals surface area contributed by atoms with Gasteiger partial charge in [-0.3, -0.25) is 4.79 Å². The molecule has 4 N–H and O–H groups in total. The maximum atomic E-state index is 13.2. The van der Waals surface area contributed by atoms with Crippen LogP contribution >= 0.6 is 0 Å². The molecular weight excluding hydrogens is 567 g/mol. The molecule has 0 radical (unpaired) electrons. The zero-order valence-corrected chi connectivity index (χ0v) is 24.6. The molecule has 0 spiro atoms. The minimum atomic E-state index is -5.07.